The molecule has 5 nitrogen and oxygen atoms in total. The van der Waals surface area contributed by atoms with E-state index in [2.05, 4.69) is 119 Å². The van der Waals surface area contributed by atoms with Gasteiger partial charge in [0.05, 0.1) is 0 Å². The molecule has 0 heterocycles. The maximum absolute atomic E-state index is 7.74. The molecule has 0 amide bonds. The predicted molar refractivity (Wildman–Crippen MR) is 124 cm³/mol. The number of hydrogen-bond donors (Lipinski definition) is 8. The Bertz CT molecular complexity index is 287. The average Bonchev–Trinajstić information content (AvgIpc) is 2.14. The van der Waals surface area contributed by atoms with Gasteiger partial charge in [0.2, 0.25) is 0 Å². The Kier molecular flexibility index (Phi) is 51.2. The smallest absolute Gasteiger partial charge is 0.182 e. The van der Waals surface area contributed by atoms with Gasteiger partial charge in [0.15, 0.2) is 6.19 Å². The molecule has 0 aliphatic carbocycles. The lowest BCUT2D eigenvalue weighted by Gasteiger charge is -1.79. The fourth-order valence-corrected chi connectivity index (χ4v) is 0.143. The zero-order chi connectivity index (χ0) is 18.4. The summed E-state index contributed by atoms with van der Waals surface area (Å²) in [6, 6.07) is 0. The standard InChI is InChI=1S/C3H8.C2H2N2S2.3CH3NS2/c1-3-2;3-1-4-2(5)6;3*2-1(3)4/h3H2,1-2H3;(H2,4,5,6);3*(H3,2,3,4). The lowest BCUT2D eigenvalue weighted by atomic mass is 10.6. The molecule has 0 atom stereocenters. The lowest BCUT2D eigenvalue weighted by Crippen LogP contribution is -2.05. The number of nitrogens with zero attached hydrogens (tertiary/aromatic N) is 1. The molecule has 0 radical (unpaired) electrons. The predicted octanol–water partition coefficient (Wildman–Crippen LogP) is 2.17. The Morgan fingerprint density at radius 1 is 0.905 bits per heavy atom. The minimum absolute atomic E-state index is 0.194. The minimum atomic E-state index is 0.194. The summed E-state index contributed by atoms with van der Waals surface area (Å²) in [6.07, 6.45) is 2.85. The molecule has 0 aromatic rings. The summed E-state index contributed by atoms with van der Waals surface area (Å²) in [4.78, 5) is 0. The molecule has 0 bridgehead atoms. The largest absolute Gasteiger partial charge is 0.385 e. The van der Waals surface area contributed by atoms with Gasteiger partial charge in [0, 0.05) is 0 Å². The normalized spacial score (nSPS) is 6.14. The van der Waals surface area contributed by atoms with Crippen molar-refractivity contribution in [1.29, 1.82) is 5.26 Å². The van der Waals surface area contributed by atoms with Gasteiger partial charge in [-0.2, -0.15) is 5.26 Å². The zero-order valence-electron chi connectivity index (χ0n) is 11.3. The Morgan fingerprint density at radius 3 is 1.05 bits per heavy atom. The number of thiol groups is 4. The van der Waals surface area contributed by atoms with E-state index in [9.17, 15) is 0 Å². The second kappa shape index (κ2) is 32.4. The maximum Gasteiger partial charge on any atom is 0.182 e. The number of nitrogens with two attached hydrogens (primary N) is 3. The van der Waals surface area contributed by atoms with Crippen molar-refractivity contribution in [1.82, 2.24) is 5.32 Å². The van der Waals surface area contributed by atoms with Gasteiger partial charge in [-0.1, -0.05) is 69.1 Å². The Hall–Kier alpha value is 0.450. The average molecular weight is 442 g/mol. The van der Waals surface area contributed by atoms with Gasteiger partial charge >= 0.3 is 0 Å². The van der Waals surface area contributed by atoms with Crippen LogP contribution in [0.3, 0.4) is 0 Å². The number of nitrogens with one attached hydrogen (secondary N) is 1. The summed E-state index contributed by atoms with van der Waals surface area (Å²) in [5, 5.41) is 9.85. The number of nitriles is 1. The van der Waals surface area contributed by atoms with Crippen molar-refractivity contribution in [2.75, 3.05) is 0 Å². The molecule has 7 N–H and O–H groups in total. The summed E-state index contributed by atoms with van der Waals surface area (Å²) in [5.74, 6) is 0. The van der Waals surface area contributed by atoms with E-state index in [1.165, 1.54) is 6.42 Å². The third kappa shape index (κ3) is 585. The Morgan fingerprint density at radius 2 is 1.05 bits per heavy atom. The molecule has 0 spiro atoms. The van der Waals surface area contributed by atoms with E-state index < -0.39 is 0 Å². The van der Waals surface area contributed by atoms with Gasteiger partial charge < -0.3 is 17.2 Å². The molecule has 0 unspecified atom stereocenters. The van der Waals surface area contributed by atoms with E-state index in [0.717, 1.165) is 0 Å². The number of thiocarbonyl (C=S) groups is 4. The number of hydrogen-bond acceptors (Lipinski definition) is 5. The van der Waals surface area contributed by atoms with Crippen molar-refractivity contribution in [3.8, 4) is 6.19 Å². The third-order valence-electron chi connectivity index (χ3n) is 0.163. The highest BCUT2D eigenvalue weighted by atomic mass is 32.1. The fraction of sp³-hybridized carbons (Fsp3) is 0.375. The van der Waals surface area contributed by atoms with Crippen LogP contribution in [0.15, 0.2) is 0 Å². The second-order valence-corrected chi connectivity index (χ2v) is 7.09. The molecule has 0 aromatic carbocycles. The zero-order valence-corrected chi connectivity index (χ0v) is 18.2. The first-order valence-electron chi connectivity index (χ1n) is 4.71. The minimum Gasteiger partial charge on any atom is -0.385 e. The fourth-order valence-electron chi connectivity index (χ4n) is 0.0478. The Balaban J connectivity index is -0.0000000519. The van der Waals surface area contributed by atoms with Crippen molar-refractivity contribution in [3.63, 3.8) is 0 Å². The van der Waals surface area contributed by atoms with Gasteiger partial charge in [-0.25, -0.2) is 0 Å². The van der Waals surface area contributed by atoms with Crippen LogP contribution in [0, 0.1) is 11.5 Å². The SMILES string of the molecule is CCC.N#CNC(=S)S.NC(=S)S.NC(=S)S.NC(=S)S. The summed E-state index contributed by atoms with van der Waals surface area (Å²) in [6.45, 7) is 4.25. The van der Waals surface area contributed by atoms with Crippen molar-refractivity contribution < 1.29 is 0 Å². The van der Waals surface area contributed by atoms with Crippen LogP contribution in [0.5, 0.6) is 0 Å². The van der Waals surface area contributed by atoms with Crippen molar-refractivity contribution in [2.45, 2.75) is 20.3 Å². The second-order valence-electron chi connectivity index (χ2n) is 2.26. The molecule has 0 aliphatic rings. The molecular formula is C8H19N5S8. The molecule has 0 rings (SSSR count). The van der Waals surface area contributed by atoms with Gasteiger partial charge in [-0.3, -0.25) is 5.32 Å². The van der Waals surface area contributed by atoms with E-state index in [1.54, 1.807) is 6.19 Å². The van der Waals surface area contributed by atoms with E-state index in [4.69, 9.17) is 22.5 Å². The molecule has 124 valence electrons. The van der Waals surface area contributed by atoms with E-state index >= 15 is 0 Å². The molecule has 13 heteroatoms. The van der Waals surface area contributed by atoms with Crippen LogP contribution in [0.1, 0.15) is 20.3 Å². The van der Waals surface area contributed by atoms with Crippen molar-refractivity contribution in [3.05, 3.63) is 0 Å². The van der Waals surface area contributed by atoms with E-state index in [-0.39, 0.29) is 17.3 Å². The van der Waals surface area contributed by atoms with Crippen LogP contribution in [0.2, 0.25) is 0 Å². The van der Waals surface area contributed by atoms with Crippen LogP contribution in [-0.4, -0.2) is 17.3 Å². The molecule has 21 heavy (non-hydrogen) atoms. The third-order valence-corrected chi connectivity index (χ3v) is 0.377. The van der Waals surface area contributed by atoms with Crippen LogP contribution in [0.25, 0.3) is 0 Å². The maximum atomic E-state index is 7.74. The van der Waals surface area contributed by atoms with Crippen LogP contribution >= 0.6 is 99.4 Å². The van der Waals surface area contributed by atoms with Crippen LogP contribution in [0.4, 0.5) is 0 Å². The molecule has 0 fully saturated rings. The molecule has 0 aliphatic heterocycles. The first kappa shape index (κ1) is 33.1. The van der Waals surface area contributed by atoms with Gasteiger partial charge in [-0.15, -0.1) is 50.5 Å². The van der Waals surface area contributed by atoms with Gasteiger partial charge in [-0.05, 0) is 0 Å². The van der Waals surface area contributed by atoms with E-state index in [1.807, 2.05) is 0 Å². The van der Waals surface area contributed by atoms with Crippen LogP contribution < -0.4 is 22.5 Å². The van der Waals surface area contributed by atoms with Crippen molar-refractivity contribution >= 4 is 117 Å². The summed E-state index contributed by atoms with van der Waals surface area (Å²) in [5.41, 5.74) is 14.1. The highest BCUT2D eigenvalue weighted by molar-refractivity contribution is 8.11. The molecule has 0 saturated carbocycles. The Labute approximate surface area is 169 Å². The summed E-state index contributed by atoms with van der Waals surface area (Å²) >= 11 is 30.9. The van der Waals surface area contributed by atoms with E-state index in [0.29, 0.717) is 0 Å². The van der Waals surface area contributed by atoms with Crippen LogP contribution in [-0.2, 0) is 0 Å². The molecular weight excluding hydrogens is 423 g/mol. The summed E-state index contributed by atoms with van der Waals surface area (Å²) in [7, 11) is 0. The first-order chi connectivity index (χ1) is 9.38. The first-order valence-corrected chi connectivity index (χ1v) is 8.14. The lowest BCUT2D eigenvalue weighted by molar-refractivity contribution is 1.09. The molecule has 0 saturated heterocycles. The molecule has 0 aromatic heterocycles. The highest BCUT2D eigenvalue weighted by Gasteiger charge is 1.74. The monoisotopic (exact) mass is 441 g/mol. The highest BCUT2D eigenvalue weighted by Crippen LogP contribution is 1.71. The van der Waals surface area contributed by atoms with Gasteiger partial charge in [0.1, 0.15) is 17.3 Å². The van der Waals surface area contributed by atoms with Gasteiger partial charge in [0.25, 0.3) is 0 Å². The van der Waals surface area contributed by atoms with Crippen molar-refractivity contribution in [2.24, 2.45) is 17.2 Å². The topological polar surface area (TPSA) is 114 Å². The summed E-state index contributed by atoms with van der Waals surface area (Å²) < 4.78 is 0.789. The number of rotatable bonds is 0. The quantitative estimate of drug-likeness (QED) is 0.124.